The summed E-state index contributed by atoms with van der Waals surface area (Å²) in [4.78, 5) is 12.9. The number of guanidine groups is 1. The van der Waals surface area contributed by atoms with Gasteiger partial charge in [0.15, 0.2) is 5.96 Å². The van der Waals surface area contributed by atoms with E-state index in [-0.39, 0.29) is 24.0 Å². The van der Waals surface area contributed by atoms with Crippen LogP contribution in [0.4, 0.5) is 0 Å². The molecule has 2 rings (SSSR count). The molecule has 2 N–H and O–H groups in total. The van der Waals surface area contributed by atoms with Crippen LogP contribution >= 0.6 is 35.3 Å². The van der Waals surface area contributed by atoms with Gasteiger partial charge in [-0.2, -0.15) is 0 Å². The molecule has 0 aromatic carbocycles. The summed E-state index contributed by atoms with van der Waals surface area (Å²) < 4.78 is 0. The first-order valence-corrected chi connectivity index (χ1v) is 9.72. The predicted octanol–water partition coefficient (Wildman–Crippen LogP) is 3.39. The molecule has 1 aromatic heterocycles. The molecular weight excluding hydrogens is 433 g/mol. The number of hydrogen-bond donors (Lipinski definition) is 2. The van der Waals surface area contributed by atoms with E-state index in [1.165, 1.54) is 37.1 Å². The highest BCUT2D eigenvalue weighted by molar-refractivity contribution is 14.0. The van der Waals surface area contributed by atoms with Crippen molar-refractivity contribution in [1.82, 2.24) is 20.5 Å². The molecule has 0 aliphatic carbocycles. The highest BCUT2D eigenvalue weighted by Gasteiger charge is 2.19. The number of aliphatic imine (C=N–C) groups is 1. The number of likely N-dealkylation sites (tertiary alicyclic amines) is 1. The molecule has 1 fully saturated rings. The van der Waals surface area contributed by atoms with Crippen molar-refractivity contribution in [1.29, 1.82) is 0 Å². The first-order chi connectivity index (χ1) is 11.2. The van der Waals surface area contributed by atoms with E-state index < -0.39 is 0 Å². The fourth-order valence-corrected chi connectivity index (χ4v) is 3.81. The Morgan fingerprint density at radius 2 is 2.21 bits per heavy atom. The summed E-state index contributed by atoms with van der Waals surface area (Å²) in [6.45, 7) is 11.3. The van der Waals surface area contributed by atoms with Crippen molar-refractivity contribution in [2.45, 2.75) is 59.0 Å². The third-order valence-corrected chi connectivity index (χ3v) is 5.20. The largest absolute Gasteiger partial charge is 0.357 e. The van der Waals surface area contributed by atoms with Gasteiger partial charge in [0, 0.05) is 36.8 Å². The van der Waals surface area contributed by atoms with Crippen molar-refractivity contribution < 1.29 is 0 Å². The number of piperidine rings is 1. The molecule has 1 saturated heterocycles. The lowest BCUT2D eigenvalue weighted by Crippen LogP contribution is -2.45. The van der Waals surface area contributed by atoms with Gasteiger partial charge in [-0.1, -0.05) is 13.3 Å². The highest BCUT2D eigenvalue weighted by atomic mass is 127. The summed E-state index contributed by atoms with van der Waals surface area (Å²) in [5.41, 5.74) is 0. The SMILES string of the molecule is CCNC(=NCc1ncc(C)s1)NCCN1CCCCC1CC.I. The molecule has 0 bridgehead atoms. The number of halogens is 1. The molecule has 0 spiro atoms. The summed E-state index contributed by atoms with van der Waals surface area (Å²) in [5, 5.41) is 7.85. The van der Waals surface area contributed by atoms with Crippen molar-refractivity contribution in [3.05, 3.63) is 16.1 Å². The molecular formula is C17H32IN5S. The van der Waals surface area contributed by atoms with E-state index in [0.717, 1.165) is 36.6 Å². The van der Waals surface area contributed by atoms with Crippen molar-refractivity contribution >= 4 is 41.3 Å². The molecule has 24 heavy (non-hydrogen) atoms. The summed E-state index contributed by atoms with van der Waals surface area (Å²) in [6, 6.07) is 0.767. The molecule has 1 atom stereocenters. The first kappa shape index (κ1) is 21.6. The third-order valence-electron chi connectivity index (χ3n) is 4.30. The number of hydrogen-bond acceptors (Lipinski definition) is 4. The standard InChI is InChI=1S/C17H31N5S.HI/c1-4-15-8-6-7-10-22(15)11-9-19-17(18-5-2)21-13-16-20-12-14(3)23-16;/h12,15H,4-11,13H2,1-3H3,(H2,18,19,21);1H. The number of rotatable bonds is 7. The van der Waals surface area contributed by atoms with Crippen LogP contribution in [0.3, 0.4) is 0 Å². The summed E-state index contributed by atoms with van der Waals surface area (Å²) in [5.74, 6) is 0.894. The van der Waals surface area contributed by atoms with Crippen LogP contribution in [0.2, 0.25) is 0 Å². The minimum absolute atomic E-state index is 0. The van der Waals surface area contributed by atoms with Crippen LogP contribution in [0.15, 0.2) is 11.2 Å². The Kier molecular flexibility index (Phi) is 10.8. The molecule has 138 valence electrons. The summed E-state index contributed by atoms with van der Waals surface area (Å²) >= 11 is 1.72. The van der Waals surface area contributed by atoms with E-state index in [1.807, 2.05) is 6.20 Å². The maximum Gasteiger partial charge on any atom is 0.191 e. The van der Waals surface area contributed by atoms with Gasteiger partial charge >= 0.3 is 0 Å². The van der Waals surface area contributed by atoms with E-state index >= 15 is 0 Å². The molecule has 0 radical (unpaired) electrons. The monoisotopic (exact) mass is 465 g/mol. The average molecular weight is 465 g/mol. The van der Waals surface area contributed by atoms with Crippen LogP contribution in [0, 0.1) is 6.92 Å². The van der Waals surface area contributed by atoms with E-state index in [9.17, 15) is 0 Å². The van der Waals surface area contributed by atoms with Crippen LogP contribution in [-0.4, -0.2) is 48.1 Å². The second-order valence-corrected chi connectivity index (χ2v) is 7.40. The van der Waals surface area contributed by atoms with E-state index in [2.05, 4.69) is 46.3 Å². The fraction of sp³-hybridized carbons (Fsp3) is 0.765. The third kappa shape index (κ3) is 7.23. The Bertz CT molecular complexity index is 491. The topological polar surface area (TPSA) is 52.6 Å². The van der Waals surface area contributed by atoms with Gasteiger partial charge in [0.1, 0.15) is 5.01 Å². The Labute approximate surface area is 167 Å². The number of aryl methyl sites for hydroxylation is 1. The minimum Gasteiger partial charge on any atom is -0.357 e. The van der Waals surface area contributed by atoms with Crippen LogP contribution in [0.5, 0.6) is 0 Å². The van der Waals surface area contributed by atoms with Crippen LogP contribution in [0.25, 0.3) is 0 Å². The molecule has 1 aromatic rings. The zero-order valence-corrected chi connectivity index (χ0v) is 18.3. The van der Waals surface area contributed by atoms with Crippen molar-refractivity contribution in [2.75, 3.05) is 26.2 Å². The van der Waals surface area contributed by atoms with Crippen molar-refractivity contribution in [2.24, 2.45) is 4.99 Å². The zero-order chi connectivity index (χ0) is 16.5. The molecule has 0 saturated carbocycles. The van der Waals surface area contributed by atoms with Gasteiger partial charge in [-0.25, -0.2) is 9.98 Å². The van der Waals surface area contributed by atoms with Gasteiger partial charge in [-0.3, -0.25) is 4.90 Å². The lowest BCUT2D eigenvalue weighted by Gasteiger charge is -2.35. The number of aromatic nitrogens is 1. The number of nitrogens with zero attached hydrogens (tertiary/aromatic N) is 3. The lowest BCUT2D eigenvalue weighted by atomic mass is 10.0. The smallest absolute Gasteiger partial charge is 0.191 e. The Morgan fingerprint density at radius 3 is 2.88 bits per heavy atom. The summed E-state index contributed by atoms with van der Waals surface area (Å²) in [6.07, 6.45) is 7.26. The van der Waals surface area contributed by atoms with Gasteiger partial charge in [-0.05, 0) is 39.7 Å². The first-order valence-electron chi connectivity index (χ1n) is 8.90. The zero-order valence-electron chi connectivity index (χ0n) is 15.2. The van der Waals surface area contributed by atoms with Gasteiger partial charge in [0.25, 0.3) is 0 Å². The maximum absolute atomic E-state index is 4.64. The van der Waals surface area contributed by atoms with Gasteiger partial charge in [0.2, 0.25) is 0 Å². The van der Waals surface area contributed by atoms with E-state index in [0.29, 0.717) is 6.54 Å². The molecule has 5 nitrogen and oxygen atoms in total. The number of nitrogens with one attached hydrogen (secondary N) is 2. The molecule has 1 aliphatic heterocycles. The molecule has 7 heteroatoms. The van der Waals surface area contributed by atoms with Gasteiger partial charge in [-0.15, -0.1) is 35.3 Å². The summed E-state index contributed by atoms with van der Waals surface area (Å²) in [7, 11) is 0. The molecule has 2 heterocycles. The lowest BCUT2D eigenvalue weighted by molar-refractivity contribution is 0.147. The molecule has 1 aliphatic rings. The Balaban J connectivity index is 0.00000288. The molecule has 0 amide bonds. The Hall–Kier alpha value is -0.410. The molecule has 1 unspecified atom stereocenters. The van der Waals surface area contributed by atoms with E-state index in [1.54, 1.807) is 11.3 Å². The van der Waals surface area contributed by atoms with Gasteiger partial charge < -0.3 is 10.6 Å². The minimum atomic E-state index is 0. The fourth-order valence-electron chi connectivity index (χ4n) is 3.10. The highest BCUT2D eigenvalue weighted by Crippen LogP contribution is 2.18. The van der Waals surface area contributed by atoms with Crippen molar-refractivity contribution in [3.63, 3.8) is 0 Å². The van der Waals surface area contributed by atoms with E-state index in [4.69, 9.17) is 0 Å². The van der Waals surface area contributed by atoms with Crippen LogP contribution < -0.4 is 10.6 Å². The van der Waals surface area contributed by atoms with Crippen LogP contribution in [0.1, 0.15) is 49.4 Å². The normalized spacial score (nSPS) is 19.0. The number of thiazole rings is 1. The second-order valence-electron chi connectivity index (χ2n) is 6.08. The van der Waals surface area contributed by atoms with Gasteiger partial charge in [0.05, 0.1) is 6.54 Å². The Morgan fingerprint density at radius 1 is 1.38 bits per heavy atom. The quantitative estimate of drug-likeness (QED) is 0.368. The van der Waals surface area contributed by atoms with Crippen LogP contribution in [-0.2, 0) is 6.54 Å². The maximum atomic E-state index is 4.64. The average Bonchev–Trinajstić information content (AvgIpc) is 2.98. The second kappa shape index (κ2) is 12.0. The van der Waals surface area contributed by atoms with Crippen molar-refractivity contribution in [3.8, 4) is 0 Å². The predicted molar refractivity (Wildman–Crippen MR) is 115 cm³/mol.